The van der Waals surface area contributed by atoms with Crippen LogP contribution in [0.25, 0.3) is 0 Å². The molecule has 0 aromatic heterocycles. The highest BCUT2D eigenvalue weighted by Crippen LogP contribution is 2.16. The van der Waals surface area contributed by atoms with Crippen LogP contribution in [-0.4, -0.2) is 61.0 Å². The Labute approximate surface area is 117 Å². The molecule has 0 spiro atoms. The van der Waals surface area contributed by atoms with E-state index in [9.17, 15) is 4.79 Å². The second-order valence-corrected chi connectivity index (χ2v) is 6.15. The highest BCUT2D eigenvalue weighted by molar-refractivity contribution is 5.78. The molecule has 2 rings (SSSR count). The average molecular weight is 267 g/mol. The number of amides is 1. The van der Waals surface area contributed by atoms with Gasteiger partial charge >= 0.3 is 0 Å². The van der Waals surface area contributed by atoms with E-state index in [1.54, 1.807) is 0 Å². The zero-order chi connectivity index (χ0) is 13.7. The molecule has 1 N–H and O–H groups in total. The molecule has 0 bridgehead atoms. The van der Waals surface area contributed by atoms with Gasteiger partial charge in [-0.05, 0) is 44.7 Å². The lowest BCUT2D eigenvalue weighted by Crippen LogP contribution is -2.51. The van der Waals surface area contributed by atoms with Crippen LogP contribution in [-0.2, 0) is 4.79 Å². The van der Waals surface area contributed by atoms with E-state index in [-0.39, 0.29) is 0 Å². The standard InChI is InChI=1S/C15H29N3O/c1-3-17(14-7-4-8-16-10-14)12-15(19)18-9-5-6-13(2)11-18/h13-14,16H,3-12H2,1-2H3. The average Bonchev–Trinajstić information content (AvgIpc) is 2.45. The van der Waals surface area contributed by atoms with Crippen molar-refractivity contribution in [2.45, 2.75) is 45.6 Å². The summed E-state index contributed by atoms with van der Waals surface area (Å²) < 4.78 is 0. The van der Waals surface area contributed by atoms with Gasteiger partial charge in [-0.25, -0.2) is 0 Å². The molecule has 2 aliphatic heterocycles. The van der Waals surface area contributed by atoms with Gasteiger partial charge in [0.15, 0.2) is 0 Å². The summed E-state index contributed by atoms with van der Waals surface area (Å²) in [6.07, 6.45) is 4.90. The largest absolute Gasteiger partial charge is 0.341 e. The number of hydrogen-bond acceptors (Lipinski definition) is 3. The highest BCUT2D eigenvalue weighted by atomic mass is 16.2. The third kappa shape index (κ3) is 4.18. The summed E-state index contributed by atoms with van der Waals surface area (Å²) in [5.74, 6) is 1.00. The predicted molar refractivity (Wildman–Crippen MR) is 78.1 cm³/mol. The Morgan fingerprint density at radius 2 is 2.21 bits per heavy atom. The van der Waals surface area contributed by atoms with E-state index in [2.05, 4.69) is 29.0 Å². The van der Waals surface area contributed by atoms with Crippen LogP contribution in [0.5, 0.6) is 0 Å². The molecule has 2 saturated heterocycles. The summed E-state index contributed by atoms with van der Waals surface area (Å²) in [5.41, 5.74) is 0. The van der Waals surface area contributed by atoms with Gasteiger partial charge in [0.25, 0.3) is 0 Å². The van der Waals surface area contributed by atoms with E-state index in [0.717, 1.165) is 32.7 Å². The normalized spacial score (nSPS) is 28.7. The molecule has 4 heteroatoms. The first kappa shape index (κ1) is 14.8. The Morgan fingerprint density at radius 3 is 2.84 bits per heavy atom. The second-order valence-electron chi connectivity index (χ2n) is 6.15. The van der Waals surface area contributed by atoms with Crippen LogP contribution >= 0.6 is 0 Å². The zero-order valence-electron chi connectivity index (χ0n) is 12.5. The fraction of sp³-hybridized carbons (Fsp3) is 0.933. The first-order valence-electron chi connectivity index (χ1n) is 7.93. The van der Waals surface area contributed by atoms with Crippen LogP contribution in [0.3, 0.4) is 0 Å². The van der Waals surface area contributed by atoms with E-state index in [4.69, 9.17) is 0 Å². The van der Waals surface area contributed by atoms with Gasteiger partial charge < -0.3 is 10.2 Å². The lowest BCUT2D eigenvalue weighted by atomic mass is 10.00. The van der Waals surface area contributed by atoms with Crippen molar-refractivity contribution in [2.24, 2.45) is 5.92 Å². The molecule has 1 amide bonds. The summed E-state index contributed by atoms with van der Waals surface area (Å²) in [4.78, 5) is 16.9. The number of carbonyl (C=O) groups excluding carboxylic acids is 1. The van der Waals surface area contributed by atoms with E-state index in [0.29, 0.717) is 24.4 Å². The monoisotopic (exact) mass is 267 g/mol. The summed E-state index contributed by atoms with van der Waals surface area (Å²) in [6, 6.07) is 0.546. The molecule has 4 nitrogen and oxygen atoms in total. The van der Waals surface area contributed by atoms with Gasteiger partial charge in [-0.15, -0.1) is 0 Å². The summed E-state index contributed by atoms with van der Waals surface area (Å²) in [6.45, 7) is 10.1. The first-order valence-corrected chi connectivity index (χ1v) is 7.93. The number of nitrogens with one attached hydrogen (secondary N) is 1. The fourth-order valence-corrected chi connectivity index (χ4v) is 3.33. The van der Waals surface area contributed by atoms with E-state index in [1.807, 2.05) is 0 Å². The maximum Gasteiger partial charge on any atom is 0.236 e. The molecule has 110 valence electrons. The van der Waals surface area contributed by atoms with Crippen molar-refractivity contribution in [3.63, 3.8) is 0 Å². The molecule has 0 aromatic rings. The zero-order valence-corrected chi connectivity index (χ0v) is 12.5. The van der Waals surface area contributed by atoms with Crippen molar-refractivity contribution in [1.82, 2.24) is 15.1 Å². The van der Waals surface area contributed by atoms with Gasteiger partial charge in [0, 0.05) is 25.7 Å². The van der Waals surface area contributed by atoms with Crippen molar-refractivity contribution in [2.75, 3.05) is 39.3 Å². The number of likely N-dealkylation sites (N-methyl/N-ethyl adjacent to an activating group) is 1. The summed E-state index contributed by atoms with van der Waals surface area (Å²) in [5, 5.41) is 3.44. The van der Waals surface area contributed by atoms with E-state index < -0.39 is 0 Å². The lowest BCUT2D eigenvalue weighted by Gasteiger charge is -2.36. The van der Waals surface area contributed by atoms with Crippen molar-refractivity contribution >= 4 is 5.91 Å². The molecule has 0 saturated carbocycles. The molecule has 2 aliphatic rings. The van der Waals surface area contributed by atoms with Crippen LogP contribution in [0.4, 0.5) is 0 Å². The van der Waals surface area contributed by atoms with Crippen LogP contribution in [0.1, 0.15) is 39.5 Å². The van der Waals surface area contributed by atoms with Crippen molar-refractivity contribution in [3.05, 3.63) is 0 Å². The Bertz CT molecular complexity index is 289. The van der Waals surface area contributed by atoms with Crippen LogP contribution in [0.2, 0.25) is 0 Å². The highest BCUT2D eigenvalue weighted by Gasteiger charge is 2.26. The molecule has 2 fully saturated rings. The second kappa shape index (κ2) is 7.25. The number of hydrogen-bond donors (Lipinski definition) is 1. The number of nitrogens with zero attached hydrogens (tertiary/aromatic N) is 2. The maximum absolute atomic E-state index is 12.4. The minimum absolute atomic E-state index is 0.332. The third-order valence-electron chi connectivity index (χ3n) is 4.54. The molecule has 2 heterocycles. The van der Waals surface area contributed by atoms with Gasteiger partial charge in [0.2, 0.25) is 5.91 Å². The molecule has 19 heavy (non-hydrogen) atoms. The van der Waals surface area contributed by atoms with Gasteiger partial charge in [0.05, 0.1) is 6.54 Å². The number of likely N-dealkylation sites (tertiary alicyclic amines) is 1. The molecular weight excluding hydrogens is 238 g/mol. The van der Waals surface area contributed by atoms with Gasteiger partial charge in [0.1, 0.15) is 0 Å². The first-order chi connectivity index (χ1) is 9.20. The lowest BCUT2D eigenvalue weighted by molar-refractivity contribution is -0.134. The third-order valence-corrected chi connectivity index (χ3v) is 4.54. The molecular formula is C15H29N3O. The smallest absolute Gasteiger partial charge is 0.236 e. The molecule has 2 atom stereocenters. The quantitative estimate of drug-likeness (QED) is 0.834. The van der Waals surface area contributed by atoms with Crippen molar-refractivity contribution in [3.8, 4) is 0 Å². The van der Waals surface area contributed by atoms with Gasteiger partial charge in [-0.2, -0.15) is 0 Å². The minimum Gasteiger partial charge on any atom is -0.341 e. The van der Waals surface area contributed by atoms with Crippen LogP contribution in [0, 0.1) is 5.92 Å². The van der Waals surface area contributed by atoms with E-state index in [1.165, 1.54) is 25.7 Å². The summed E-state index contributed by atoms with van der Waals surface area (Å²) >= 11 is 0. The van der Waals surface area contributed by atoms with Crippen molar-refractivity contribution in [1.29, 1.82) is 0 Å². The minimum atomic E-state index is 0.332. The van der Waals surface area contributed by atoms with Gasteiger partial charge in [-0.3, -0.25) is 9.69 Å². The Kier molecular flexibility index (Phi) is 5.64. The Hall–Kier alpha value is -0.610. The number of carbonyl (C=O) groups is 1. The summed E-state index contributed by atoms with van der Waals surface area (Å²) in [7, 11) is 0. The van der Waals surface area contributed by atoms with E-state index >= 15 is 0 Å². The molecule has 0 radical (unpaired) electrons. The fourth-order valence-electron chi connectivity index (χ4n) is 3.33. The SMILES string of the molecule is CCN(CC(=O)N1CCCC(C)C1)C1CCCNC1. The van der Waals surface area contributed by atoms with Crippen molar-refractivity contribution < 1.29 is 4.79 Å². The van der Waals surface area contributed by atoms with Crippen LogP contribution < -0.4 is 5.32 Å². The topological polar surface area (TPSA) is 35.6 Å². The molecule has 2 unspecified atom stereocenters. The van der Waals surface area contributed by atoms with Gasteiger partial charge in [-0.1, -0.05) is 13.8 Å². The maximum atomic E-state index is 12.4. The number of rotatable bonds is 4. The molecule has 0 aromatic carbocycles. The molecule has 0 aliphatic carbocycles. The Morgan fingerprint density at radius 1 is 1.37 bits per heavy atom. The number of piperidine rings is 2. The Balaban J connectivity index is 1.84. The van der Waals surface area contributed by atoms with Crippen LogP contribution in [0.15, 0.2) is 0 Å². The predicted octanol–water partition coefficient (Wildman–Crippen LogP) is 1.32.